The van der Waals surface area contributed by atoms with Crippen LogP contribution in [0.2, 0.25) is 0 Å². The number of aliphatic imine (C=N–C) groups is 1. The lowest BCUT2D eigenvalue weighted by molar-refractivity contribution is -0.137. The lowest BCUT2D eigenvalue weighted by Crippen LogP contribution is -2.43. The van der Waals surface area contributed by atoms with Crippen molar-refractivity contribution in [1.82, 2.24) is 4.98 Å². The average Bonchev–Trinajstić information content (AvgIpc) is 2.95. The average molecular weight is 475 g/mol. The molecule has 3 rings (SSSR count). The first-order chi connectivity index (χ1) is 15.5. The molecular formula is C23H27F6N3O. The Kier molecular flexibility index (Phi) is 7.74. The molecule has 0 unspecified atom stereocenters. The summed E-state index contributed by atoms with van der Waals surface area (Å²) < 4.78 is 84.3. The van der Waals surface area contributed by atoms with E-state index in [9.17, 15) is 26.3 Å². The Hall–Kier alpha value is -2.52. The van der Waals surface area contributed by atoms with Crippen molar-refractivity contribution in [3.63, 3.8) is 0 Å². The molecule has 4 nitrogen and oxygen atoms in total. The van der Waals surface area contributed by atoms with Gasteiger partial charge in [0.25, 0.3) is 0 Å². The van der Waals surface area contributed by atoms with Crippen LogP contribution in [0.4, 0.5) is 32.2 Å². The highest BCUT2D eigenvalue weighted by Crippen LogP contribution is 2.32. The summed E-state index contributed by atoms with van der Waals surface area (Å²) in [5, 5.41) is 0. The second-order valence-electron chi connectivity index (χ2n) is 8.42. The zero-order valence-corrected chi connectivity index (χ0v) is 18.5. The van der Waals surface area contributed by atoms with Gasteiger partial charge in [0.1, 0.15) is 23.4 Å². The van der Waals surface area contributed by atoms with E-state index < -0.39 is 23.6 Å². The van der Waals surface area contributed by atoms with E-state index in [4.69, 9.17) is 4.74 Å². The van der Waals surface area contributed by atoms with Gasteiger partial charge in [-0.25, -0.2) is 4.98 Å². The number of allylic oxidation sites excluding steroid dienone is 2. The van der Waals surface area contributed by atoms with Gasteiger partial charge < -0.3 is 9.64 Å². The van der Waals surface area contributed by atoms with Gasteiger partial charge in [0.05, 0.1) is 12.1 Å². The van der Waals surface area contributed by atoms with Crippen molar-refractivity contribution in [2.24, 2.45) is 10.9 Å². The van der Waals surface area contributed by atoms with Gasteiger partial charge in [0.2, 0.25) is 0 Å². The number of hydrogen-bond donors (Lipinski definition) is 0. The minimum atomic E-state index is -4.56. The third kappa shape index (κ3) is 6.74. The number of piperidine rings is 1. The van der Waals surface area contributed by atoms with Crippen molar-refractivity contribution < 1.29 is 31.1 Å². The van der Waals surface area contributed by atoms with E-state index in [2.05, 4.69) is 9.98 Å². The molecule has 0 amide bonds. The van der Waals surface area contributed by atoms with Crippen LogP contribution in [0.15, 0.2) is 46.8 Å². The highest BCUT2D eigenvalue weighted by Gasteiger charge is 2.36. The molecule has 0 radical (unpaired) electrons. The number of anilines is 1. The first kappa shape index (κ1) is 25.1. The molecule has 1 fully saturated rings. The number of pyridine rings is 1. The Morgan fingerprint density at radius 3 is 2.42 bits per heavy atom. The molecule has 0 spiro atoms. The topological polar surface area (TPSA) is 37.7 Å². The summed E-state index contributed by atoms with van der Waals surface area (Å²) in [6, 6.07) is 2.33. The summed E-state index contributed by atoms with van der Waals surface area (Å²) in [7, 11) is 0. The lowest BCUT2D eigenvalue weighted by atomic mass is 9.96. The van der Waals surface area contributed by atoms with Gasteiger partial charge in [-0.15, -0.1) is 0 Å². The van der Waals surface area contributed by atoms with Crippen molar-refractivity contribution in [3.8, 4) is 0 Å². The number of aromatic nitrogens is 1. The van der Waals surface area contributed by atoms with Crippen LogP contribution >= 0.6 is 0 Å². The van der Waals surface area contributed by atoms with Crippen LogP contribution < -0.4 is 4.90 Å². The number of halogens is 6. The van der Waals surface area contributed by atoms with Gasteiger partial charge in [0.15, 0.2) is 0 Å². The molecule has 2 aliphatic heterocycles. The fraction of sp³-hybridized carbons (Fsp3) is 0.565. The maximum absolute atomic E-state index is 13.3. The van der Waals surface area contributed by atoms with Crippen LogP contribution in [0.1, 0.15) is 45.1 Å². The standard InChI is InChI=1S/C23H27F6N3O/c1-3-4-5-16-10-18(11-20(30-12-16)23(27,28)29)33-19-8-9-32(14-15(19)2)21-7-6-17(13-31-21)22(24,25)26/h6-7,10-11,13,15,19H,3-5,8-9,12,14H2,1-2H3/t15-,19-/m0/s1. The fourth-order valence-corrected chi connectivity index (χ4v) is 3.87. The molecular weight excluding hydrogens is 448 g/mol. The predicted octanol–water partition coefficient (Wildman–Crippen LogP) is 6.35. The smallest absolute Gasteiger partial charge is 0.433 e. The van der Waals surface area contributed by atoms with Gasteiger partial charge >= 0.3 is 12.4 Å². The van der Waals surface area contributed by atoms with E-state index in [0.717, 1.165) is 36.8 Å². The molecule has 0 saturated carbocycles. The molecule has 2 atom stereocenters. The first-order valence-corrected chi connectivity index (χ1v) is 10.9. The summed E-state index contributed by atoms with van der Waals surface area (Å²) in [6.45, 7) is 4.83. The predicted molar refractivity (Wildman–Crippen MR) is 114 cm³/mol. The lowest BCUT2D eigenvalue weighted by Gasteiger charge is -2.37. The van der Waals surface area contributed by atoms with E-state index in [1.54, 1.807) is 6.08 Å². The molecule has 2 aliphatic rings. The van der Waals surface area contributed by atoms with Crippen LogP contribution in [0, 0.1) is 5.92 Å². The Morgan fingerprint density at radius 1 is 1.09 bits per heavy atom. The first-order valence-electron chi connectivity index (χ1n) is 10.9. The Bertz CT molecular complexity index is 902. The van der Waals surface area contributed by atoms with Gasteiger partial charge in [-0.2, -0.15) is 26.3 Å². The van der Waals surface area contributed by atoms with E-state index in [1.165, 1.54) is 6.07 Å². The Balaban J connectivity index is 1.70. The minimum absolute atomic E-state index is 0.00814. The van der Waals surface area contributed by atoms with Crippen molar-refractivity contribution in [3.05, 3.63) is 47.4 Å². The fourth-order valence-electron chi connectivity index (χ4n) is 3.87. The van der Waals surface area contributed by atoms with Crippen molar-refractivity contribution in [1.29, 1.82) is 0 Å². The molecule has 3 heterocycles. The maximum Gasteiger partial charge on any atom is 0.433 e. The van der Waals surface area contributed by atoms with E-state index in [1.807, 2.05) is 18.7 Å². The molecule has 182 valence electrons. The Labute approximate surface area is 189 Å². The number of alkyl halides is 6. The summed E-state index contributed by atoms with van der Waals surface area (Å²) in [4.78, 5) is 9.53. The largest absolute Gasteiger partial charge is 0.490 e. The second-order valence-corrected chi connectivity index (χ2v) is 8.42. The van der Waals surface area contributed by atoms with Gasteiger partial charge in [-0.05, 0) is 36.6 Å². The summed E-state index contributed by atoms with van der Waals surface area (Å²) in [6.07, 6.45) is -3.01. The third-order valence-corrected chi connectivity index (χ3v) is 5.73. The van der Waals surface area contributed by atoms with Crippen LogP contribution in [-0.2, 0) is 10.9 Å². The highest BCUT2D eigenvalue weighted by molar-refractivity contribution is 6.00. The van der Waals surface area contributed by atoms with Crippen LogP contribution in [0.3, 0.4) is 0 Å². The maximum atomic E-state index is 13.3. The van der Waals surface area contributed by atoms with Crippen LogP contribution in [0.5, 0.6) is 0 Å². The number of nitrogens with zero attached hydrogens (tertiary/aromatic N) is 3. The normalized spacial score (nSPS) is 22.3. The number of ether oxygens (including phenoxy) is 1. The summed E-state index contributed by atoms with van der Waals surface area (Å²) in [5.74, 6) is 0.494. The molecule has 1 aromatic heterocycles. The van der Waals surface area contributed by atoms with E-state index in [0.29, 0.717) is 31.7 Å². The van der Waals surface area contributed by atoms with Crippen molar-refractivity contribution in [2.75, 3.05) is 24.5 Å². The van der Waals surface area contributed by atoms with Crippen molar-refractivity contribution in [2.45, 2.75) is 58.0 Å². The molecule has 33 heavy (non-hydrogen) atoms. The molecule has 0 bridgehead atoms. The second kappa shape index (κ2) is 10.2. The summed E-state index contributed by atoms with van der Waals surface area (Å²) >= 11 is 0. The molecule has 0 N–H and O–H groups in total. The number of rotatable bonds is 6. The van der Waals surface area contributed by atoms with Crippen LogP contribution in [0.25, 0.3) is 0 Å². The summed E-state index contributed by atoms with van der Waals surface area (Å²) in [5.41, 5.74) is -0.980. The van der Waals surface area contributed by atoms with Gasteiger partial charge in [0, 0.05) is 37.7 Å². The third-order valence-electron chi connectivity index (χ3n) is 5.73. The SMILES string of the molecule is CCCCC1=CC(O[C@H]2CCN(c3ccc(C(F)(F)F)cn3)C[C@@H]2C)=CC(C(F)(F)F)=NC1. The monoisotopic (exact) mass is 475 g/mol. The molecule has 1 aromatic rings. The zero-order valence-electron chi connectivity index (χ0n) is 18.5. The van der Waals surface area contributed by atoms with Gasteiger partial charge in [-0.3, -0.25) is 4.99 Å². The van der Waals surface area contributed by atoms with E-state index in [-0.39, 0.29) is 24.3 Å². The highest BCUT2D eigenvalue weighted by atomic mass is 19.4. The molecule has 10 heteroatoms. The van der Waals surface area contributed by atoms with Crippen molar-refractivity contribution >= 4 is 11.5 Å². The quantitative estimate of drug-likeness (QED) is 0.450. The van der Waals surface area contributed by atoms with Crippen LogP contribution in [-0.4, -0.2) is 42.6 Å². The molecule has 0 aromatic carbocycles. The number of hydrogen-bond acceptors (Lipinski definition) is 4. The van der Waals surface area contributed by atoms with E-state index >= 15 is 0 Å². The molecule has 1 saturated heterocycles. The van der Waals surface area contributed by atoms with Gasteiger partial charge in [-0.1, -0.05) is 20.3 Å². The molecule has 0 aliphatic carbocycles. The Morgan fingerprint density at radius 2 is 1.85 bits per heavy atom. The zero-order chi connectivity index (χ0) is 24.2. The minimum Gasteiger partial charge on any atom is -0.490 e. The number of unbranched alkanes of at least 4 members (excludes halogenated alkanes) is 1.